The first-order chi connectivity index (χ1) is 10.2. The van der Waals surface area contributed by atoms with Crippen molar-refractivity contribution in [2.45, 2.75) is 0 Å². The molecule has 4 aromatic rings. The molecule has 5 nitrogen and oxygen atoms in total. The number of imidazole rings is 1. The molecule has 8 heteroatoms. The molecule has 0 bridgehead atoms. The molecule has 0 saturated carbocycles. The predicted octanol–water partition coefficient (Wildman–Crippen LogP) is 4.13. The molecule has 0 aliphatic carbocycles. The van der Waals surface area contributed by atoms with Crippen molar-refractivity contribution in [1.82, 2.24) is 24.7 Å². The summed E-state index contributed by atoms with van der Waals surface area (Å²) in [7, 11) is 0. The Morgan fingerprint density at radius 1 is 1.29 bits per heavy atom. The summed E-state index contributed by atoms with van der Waals surface area (Å²) in [6.07, 6.45) is 3.52. The fraction of sp³-hybridized carbons (Fsp3) is 0. The van der Waals surface area contributed by atoms with Gasteiger partial charge in [0.15, 0.2) is 14.5 Å². The van der Waals surface area contributed by atoms with E-state index in [1.165, 1.54) is 0 Å². The largest absolute Gasteiger partial charge is 0.280 e. The van der Waals surface area contributed by atoms with Gasteiger partial charge in [-0.15, -0.1) is 11.3 Å². The molecular weight excluding hydrogens is 421 g/mol. The summed E-state index contributed by atoms with van der Waals surface area (Å²) in [5.74, 6) is 0.790. The quantitative estimate of drug-likeness (QED) is 0.489. The molecule has 0 aliphatic heterocycles. The fourth-order valence-electron chi connectivity index (χ4n) is 2.17. The van der Waals surface area contributed by atoms with Crippen LogP contribution in [0, 0.1) is 3.01 Å². The Labute approximate surface area is 142 Å². The molecule has 4 rings (SSSR count). The van der Waals surface area contributed by atoms with Gasteiger partial charge in [-0.3, -0.25) is 9.67 Å². The Morgan fingerprint density at radius 2 is 2.14 bits per heavy atom. The van der Waals surface area contributed by atoms with Gasteiger partial charge in [0.2, 0.25) is 0 Å². The second-order valence-corrected chi connectivity index (χ2v) is 7.48. The number of H-pyrrole nitrogens is 1. The number of halogens is 2. The van der Waals surface area contributed by atoms with Crippen LogP contribution in [0.25, 0.3) is 27.4 Å². The van der Waals surface area contributed by atoms with Gasteiger partial charge in [-0.25, -0.2) is 9.97 Å². The van der Waals surface area contributed by atoms with Gasteiger partial charge in [0.1, 0.15) is 11.0 Å². The van der Waals surface area contributed by atoms with E-state index >= 15 is 0 Å². The average molecular weight is 428 g/mol. The van der Waals surface area contributed by atoms with Crippen LogP contribution in [0.5, 0.6) is 0 Å². The highest BCUT2D eigenvalue weighted by molar-refractivity contribution is 14.1. The van der Waals surface area contributed by atoms with E-state index in [0.29, 0.717) is 5.02 Å². The van der Waals surface area contributed by atoms with Gasteiger partial charge in [-0.2, -0.15) is 5.10 Å². The van der Waals surface area contributed by atoms with Gasteiger partial charge in [-0.05, 0) is 28.7 Å². The third-order valence-corrected chi connectivity index (χ3v) is 5.16. The number of hydrogen-bond acceptors (Lipinski definition) is 4. The van der Waals surface area contributed by atoms with E-state index < -0.39 is 0 Å². The van der Waals surface area contributed by atoms with E-state index in [9.17, 15) is 0 Å². The first-order valence-electron chi connectivity index (χ1n) is 6.02. The lowest BCUT2D eigenvalue weighted by Gasteiger charge is -2.06. The maximum Gasteiger partial charge on any atom is 0.180 e. The van der Waals surface area contributed by atoms with Gasteiger partial charge in [-0.1, -0.05) is 29.8 Å². The van der Waals surface area contributed by atoms with Gasteiger partial charge < -0.3 is 0 Å². The molecule has 0 unspecified atom stereocenters. The smallest absolute Gasteiger partial charge is 0.180 e. The minimum absolute atomic E-state index is 0.685. The molecule has 0 saturated heterocycles. The van der Waals surface area contributed by atoms with Crippen molar-refractivity contribution in [3.05, 3.63) is 44.8 Å². The van der Waals surface area contributed by atoms with Crippen LogP contribution in [0.4, 0.5) is 0 Å². The maximum absolute atomic E-state index is 6.29. The van der Waals surface area contributed by atoms with Crippen LogP contribution >= 0.6 is 45.5 Å². The van der Waals surface area contributed by atoms with Gasteiger partial charge >= 0.3 is 0 Å². The molecule has 1 N–H and O–H groups in total. The molecular formula is C13H7ClIN5S. The Kier molecular flexibility index (Phi) is 3.20. The minimum Gasteiger partial charge on any atom is -0.280 e. The summed E-state index contributed by atoms with van der Waals surface area (Å²) < 4.78 is 3.90. The molecule has 0 spiro atoms. The van der Waals surface area contributed by atoms with E-state index in [2.05, 4.69) is 42.8 Å². The second-order valence-electron chi connectivity index (χ2n) is 4.32. The SMILES string of the molecule is Clc1ccccc1-c1cncn1-c1n[nH]c2nc(I)sc12. The van der Waals surface area contributed by atoms with E-state index in [1.807, 2.05) is 28.8 Å². The molecule has 3 aromatic heterocycles. The van der Waals surface area contributed by atoms with Gasteiger partial charge in [0, 0.05) is 10.6 Å². The monoisotopic (exact) mass is 427 g/mol. The minimum atomic E-state index is 0.685. The number of aromatic nitrogens is 5. The van der Waals surface area contributed by atoms with Crippen LogP contribution in [0.15, 0.2) is 36.8 Å². The third kappa shape index (κ3) is 2.16. The average Bonchev–Trinajstić information content (AvgIpc) is 3.14. The molecule has 0 atom stereocenters. The zero-order valence-corrected chi connectivity index (χ0v) is 14.1. The van der Waals surface area contributed by atoms with Crippen LogP contribution in [0.3, 0.4) is 0 Å². The van der Waals surface area contributed by atoms with E-state index in [-0.39, 0.29) is 0 Å². The number of hydrogen-bond donors (Lipinski definition) is 1. The lowest BCUT2D eigenvalue weighted by molar-refractivity contribution is 0.967. The molecule has 0 aliphatic rings. The molecule has 104 valence electrons. The lowest BCUT2D eigenvalue weighted by Crippen LogP contribution is -1.96. The van der Waals surface area contributed by atoms with Crippen LogP contribution in [0.1, 0.15) is 0 Å². The van der Waals surface area contributed by atoms with E-state index in [0.717, 1.165) is 30.4 Å². The Bertz CT molecular complexity index is 941. The Morgan fingerprint density at radius 3 is 3.00 bits per heavy atom. The highest BCUT2D eigenvalue weighted by Crippen LogP contribution is 2.32. The van der Waals surface area contributed by atoms with Crippen LogP contribution in [-0.2, 0) is 0 Å². The zero-order valence-electron chi connectivity index (χ0n) is 10.4. The number of benzene rings is 1. The van der Waals surface area contributed by atoms with Crippen molar-refractivity contribution in [1.29, 1.82) is 0 Å². The maximum atomic E-state index is 6.29. The standard InChI is InChI=1S/C13H7ClIN5S/c14-8-4-2-1-3-7(8)9-5-16-6-20(9)12-10-11(18-19-12)17-13(15)21-10/h1-6H,(H,18,19). The van der Waals surface area contributed by atoms with Crippen LogP contribution < -0.4 is 0 Å². The summed E-state index contributed by atoms with van der Waals surface area (Å²) in [5.41, 5.74) is 2.61. The summed E-state index contributed by atoms with van der Waals surface area (Å²) in [6, 6.07) is 7.69. The van der Waals surface area contributed by atoms with Crippen LogP contribution in [-0.4, -0.2) is 24.7 Å². The van der Waals surface area contributed by atoms with E-state index in [4.69, 9.17) is 11.6 Å². The molecule has 0 amide bonds. The summed E-state index contributed by atoms with van der Waals surface area (Å²) in [4.78, 5) is 8.63. The van der Waals surface area contributed by atoms with Crippen molar-refractivity contribution in [3.63, 3.8) is 0 Å². The number of thiazole rings is 1. The summed E-state index contributed by atoms with van der Waals surface area (Å²) in [5, 5.41) is 7.99. The van der Waals surface area contributed by atoms with Crippen molar-refractivity contribution >= 4 is 55.9 Å². The highest BCUT2D eigenvalue weighted by Gasteiger charge is 2.16. The van der Waals surface area contributed by atoms with Crippen LogP contribution in [0.2, 0.25) is 5.02 Å². The molecule has 1 aromatic carbocycles. The van der Waals surface area contributed by atoms with Crippen molar-refractivity contribution in [2.75, 3.05) is 0 Å². The molecule has 0 fully saturated rings. The number of rotatable bonds is 2. The van der Waals surface area contributed by atoms with Gasteiger partial charge in [0.05, 0.1) is 11.9 Å². The first-order valence-corrected chi connectivity index (χ1v) is 8.29. The molecule has 3 heterocycles. The fourth-order valence-corrected chi connectivity index (χ4v) is 4.04. The molecule has 21 heavy (non-hydrogen) atoms. The predicted molar refractivity (Wildman–Crippen MR) is 92.1 cm³/mol. The second kappa shape index (κ2) is 5.08. The van der Waals surface area contributed by atoms with Crippen molar-refractivity contribution in [2.24, 2.45) is 0 Å². The number of fused-ring (bicyclic) bond motifs is 1. The topological polar surface area (TPSA) is 59.4 Å². The van der Waals surface area contributed by atoms with Crippen molar-refractivity contribution in [3.8, 4) is 17.1 Å². The zero-order chi connectivity index (χ0) is 14.4. The van der Waals surface area contributed by atoms with Crippen molar-refractivity contribution < 1.29 is 0 Å². The number of nitrogens with zero attached hydrogens (tertiary/aromatic N) is 4. The molecule has 0 radical (unpaired) electrons. The summed E-state index contributed by atoms with van der Waals surface area (Å²) in [6.45, 7) is 0. The number of aromatic amines is 1. The lowest BCUT2D eigenvalue weighted by atomic mass is 10.1. The number of nitrogens with one attached hydrogen (secondary N) is 1. The normalized spacial score (nSPS) is 11.3. The van der Waals surface area contributed by atoms with Gasteiger partial charge in [0.25, 0.3) is 0 Å². The Balaban J connectivity index is 1.95. The Hall–Kier alpha value is -1.45. The van der Waals surface area contributed by atoms with E-state index in [1.54, 1.807) is 23.9 Å². The highest BCUT2D eigenvalue weighted by atomic mass is 127. The summed E-state index contributed by atoms with van der Waals surface area (Å²) >= 11 is 10.1. The first kappa shape index (κ1) is 13.2. The third-order valence-electron chi connectivity index (χ3n) is 3.09.